The zero-order valence-electron chi connectivity index (χ0n) is 9.92. The Hall–Kier alpha value is -0.0400. The maximum absolute atomic E-state index is 3.73. The lowest BCUT2D eigenvalue weighted by Gasteiger charge is -2.29. The molecule has 0 amide bonds. The fraction of sp³-hybridized carbons (Fsp3) is 1.00. The monoisotopic (exact) mass is 195 g/mol. The minimum absolute atomic E-state index is 0.854. The SMILES string of the molecule is CC(C)CCC(C)C1NCCC2CC21. The molecule has 0 radical (unpaired) electrons. The van der Waals surface area contributed by atoms with Crippen molar-refractivity contribution >= 4 is 0 Å². The van der Waals surface area contributed by atoms with Crippen molar-refractivity contribution in [1.82, 2.24) is 5.32 Å². The normalized spacial score (nSPS) is 38.1. The van der Waals surface area contributed by atoms with Gasteiger partial charge in [0.25, 0.3) is 0 Å². The zero-order chi connectivity index (χ0) is 10.1. The molecule has 0 aromatic rings. The highest BCUT2D eigenvalue weighted by Crippen LogP contribution is 2.48. The summed E-state index contributed by atoms with van der Waals surface area (Å²) < 4.78 is 0. The number of rotatable bonds is 4. The molecule has 4 atom stereocenters. The summed E-state index contributed by atoms with van der Waals surface area (Å²) in [6.45, 7) is 8.39. The molecule has 1 heterocycles. The molecule has 14 heavy (non-hydrogen) atoms. The minimum Gasteiger partial charge on any atom is -0.313 e. The van der Waals surface area contributed by atoms with Gasteiger partial charge in [0.15, 0.2) is 0 Å². The fourth-order valence-corrected chi connectivity index (χ4v) is 3.03. The first-order chi connectivity index (χ1) is 6.68. The van der Waals surface area contributed by atoms with Gasteiger partial charge in [-0.1, -0.05) is 27.2 Å². The van der Waals surface area contributed by atoms with E-state index in [0.717, 1.165) is 29.7 Å². The van der Waals surface area contributed by atoms with Gasteiger partial charge >= 0.3 is 0 Å². The Labute approximate surface area is 88.7 Å². The first-order valence-corrected chi connectivity index (χ1v) is 6.42. The summed E-state index contributed by atoms with van der Waals surface area (Å²) in [5.74, 6) is 3.91. The largest absolute Gasteiger partial charge is 0.313 e. The molecule has 1 heteroatoms. The van der Waals surface area contributed by atoms with Gasteiger partial charge in [0.05, 0.1) is 0 Å². The van der Waals surface area contributed by atoms with Crippen molar-refractivity contribution in [3.8, 4) is 0 Å². The third-order valence-corrected chi connectivity index (χ3v) is 4.15. The lowest BCUT2D eigenvalue weighted by Crippen LogP contribution is -2.41. The molecule has 0 spiro atoms. The van der Waals surface area contributed by atoms with Gasteiger partial charge in [-0.15, -0.1) is 0 Å². The van der Waals surface area contributed by atoms with Gasteiger partial charge < -0.3 is 5.32 Å². The molecule has 2 fully saturated rings. The highest BCUT2D eigenvalue weighted by atomic mass is 15.0. The van der Waals surface area contributed by atoms with Crippen molar-refractivity contribution < 1.29 is 0 Å². The Bertz CT molecular complexity index is 188. The highest BCUT2D eigenvalue weighted by molar-refractivity contribution is 5.00. The van der Waals surface area contributed by atoms with E-state index in [1.165, 1.54) is 32.2 Å². The third-order valence-electron chi connectivity index (χ3n) is 4.15. The molecule has 2 rings (SSSR count). The molecular weight excluding hydrogens is 170 g/mol. The summed E-state index contributed by atoms with van der Waals surface area (Å²) >= 11 is 0. The quantitative estimate of drug-likeness (QED) is 0.727. The molecule has 0 aromatic heterocycles. The summed E-state index contributed by atoms with van der Waals surface area (Å²) in [6, 6.07) is 0.854. The molecule has 2 aliphatic rings. The fourth-order valence-electron chi connectivity index (χ4n) is 3.03. The smallest absolute Gasteiger partial charge is 0.0124 e. The van der Waals surface area contributed by atoms with Crippen LogP contribution < -0.4 is 5.32 Å². The first kappa shape index (κ1) is 10.5. The summed E-state index contributed by atoms with van der Waals surface area (Å²) in [7, 11) is 0. The molecule has 0 bridgehead atoms. The Balaban J connectivity index is 1.76. The predicted octanol–water partition coefficient (Wildman–Crippen LogP) is 3.06. The van der Waals surface area contributed by atoms with E-state index in [1.54, 1.807) is 0 Å². The van der Waals surface area contributed by atoms with Gasteiger partial charge in [-0.3, -0.25) is 0 Å². The van der Waals surface area contributed by atoms with Gasteiger partial charge in [0.1, 0.15) is 0 Å². The molecule has 1 N–H and O–H groups in total. The standard InChI is InChI=1S/C13H25N/c1-9(2)4-5-10(3)13-12-8-11(12)6-7-14-13/h9-14H,4-8H2,1-3H3. The number of piperidine rings is 1. The summed E-state index contributed by atoms with van der Waals surface area (Å²) in [4.78, 5) is 0. The molecule has 1 aliphatic heterocycles. The van der Waals surface area contributed by atoms with Crippen molar-refractivity contribution in [2.45, 2.75) is 52.5 Å². The molecule has 82 valence electrons. The van der Waals surface area contributed by atoms with Gasteiger partial charge in [0.2, 0.25) is 0 Å². The average molecular weight is 195 g/mol. The molecule has 1 aliphatic carbocycles. The van der Waals surface area contributed by atoms with Crippen LogP contribution in [-0.4, -0.2) is 12.6 Å². The lowest BCUT2D eigenvalue weighted by molar-refractivity contribution is 0.270. The number of hydrogen-bond donors (Lipinski definition) is 1. The van der Waals surface area contributed by atoms with Crippen molar-refractivity contribution in [1.29, 1.82) is 0 Å². The summed E-state index contributed by atoms with van der Waals surface area (Å²) in [5, 5.41) is 3.73. The van der Waals surface area contributed by atoms with Crippen LogP contribution in [0.2, 0.25) is 0 Å². The molecule has 1 saturated carbocycles. The Morgan fingerprint density at radius 2 is 2.00 bits per heavy atom. The van der Waals surface area contributed by atoms with Crippen molar-refractivity contribution in [2.24, 2.45) is 23.7 Å². The number of nitrogens with one attached hydrogen (secondary N) is 1. The third kappa shape index (κ3) is 2.31. The minimum atomic E-state index is 0.854. The highest BCUT2D eigenvalue weighted by Gasteiger charge is 2.46. The molecule has 1 saturated heterocycles. The molecular formula is C13H25N. The number of hydrogen-bond acceptors (Lipinski definition) is 1. The lowest BCUT2D eigenvalue weighted by atomic mass is 9.88. The van der Waals surface area contributed by atoms with Crippen LogP contribution in [0.5, 0.6) is 0 Å². The first-order valence-electron chi connectivity index (χ1n) is 6.42. The Kier molecular flexibility index (Phi) is 3.16. The second-order valence-electron chi connectivity index (χ2n) is 5.88. The van der Waals surface area contributed by atoms with Crippen molar-refractivity contribution in [3.63, 3.8) is 0 Å². The summed E-state index contributed by atoms with van der Waals surface area (Å²) in [5.41, 5.74) is 0. The van der Waals surface area contributed by atoms with Crippen LogP contribution >= 0.6 is 0 Å². The maximum Gasteiger partial charge on any atom is 0.0124 e. The van der Waals surface area contributed by atoms with E-state index in [2.05, 4.69) is 26.1 Å². The molecule has 4 unspecified atom stereocenters. The van der Waals surface area contributed by atoms with E-state index in [4.69, 9.17) is 0 Å². The van der Waals surface area contributed by atoms with E-state index >= 15 is 0 Å². The average Bonchev–Trinajstić information content (AvgIpc) is 2.91. The van der Waals surface area contributed by atoms with Crippen LogP contribution in [0.15, 0.2) is 0 Å². The Morgan fingerprint density at radius 3 is 2.71 bits per heavy atom. The van der Waals surface area contributed by atoms with E-state index in [0.29, 0.717) is 0 Å². The second-order valence-corrected chi connectivity index (χ2v) is 5.88. The van der Waals surface area contributed by atoms with E-state index in [-0.39, 0.29) is 0 Å². The van der Waals surface area contributed by atoms with Crippen molar-refractivity contribution in [2.75, 3.05) is 6.54 Å². The van der Waals surface area contributed by atoms with Gasteiger partial charge in [-0.2, -0.15) is 0 Å². The maximum atomic E-state index is 3.73. The molecule has 1 nitrogen and oxygen atoms in total. The topological polar surface area (TPSA) is 12.0 Å². The van der Waals surface area contributed by atoms with E-state index in [9.17, 15) is 0 Å². The van der Waals surface area contributed by atoms with E-state index < -0.39 is 0 Å². The number of fused-ring (bicyclic) bond motifs is 1. The van der Waals surface area contributed by atoms with Crippen LogP contribution in [0.3, 0.4) is 0 Å². The van der Waals surface area contributed by atoms with Crippen LogP contribution in [0, 0.1) is 23.7 Å². The Morgan fingerprint density at radius 1 is 1.21 bits per heavy atom. The second kappa shape index (κ2) is 4.22. The van der Waals surface area contributed by atoms with Gasteiger partial charge in [-0.05, 0) is 49.5 Å². The van der Waals surface area contributed by atoms with Crippen LogP contribution in [0.4, 0.5) is 0 Å². The predicted molar refractivity (Wildman–Crippen MR) is 61.2 cm³/mol. The summed E-state index contributed by atoms with van der Waals surface area (Å²) in [6.07, 6.45) is 5.77. The molecule has 0 aromatic carbocycles. The van der Waals surface area contributed by atoms with Gasteiger partial charge in [-0.25, -0.2) is 0 Å². The van der Waals surface area contributed by atoms with Crippen LogP contribution in [0.1, 0.15) is 46.5 Å². The van der Waals surface area contributed by atoms with Crippen molar-refractivity contribution in [3.05, 3.63) is 0 Å². The zero-order valence-corrected chi connectivity index (χ0v) is 9.92. The van der Waals surface area contributed by atoms with Gasteiger partial charge in [0, 0.05) is 6.04 Å². The van der Waals surface area contributed by atoms with Crippen LogP contribution in [-0.2, 0) is 0 Å². The van der Waals surface area contributed by atoms with E-state index in [1.807, 2.05) is 0 Å². The van der Waals surface area contributed by atoms with Crippen LogP contribution in [0.25, 0.3) is 0 Å².